The summed E-state index contributed by atoms with van der Waals surface area (Å²) in [4.78, 5) is 29.6. The van der Waals surface area contributed by atoms with Crippen molar-refractivity contribution in [1.29, 1.82) is 0 Å². The molecule has 1 spiro atoms. The molecule has 0 aliphatic carbocycles. The minimum atomic E-state index is -1.04. The van der Waals surface area contributed by atoms with E-state index in [9.17, 15) is 14.9 Å². The molecular weight excluding hydrogens is 422 g/mol. The number of amides is 1. The average molecular weight is 462 g/mol. The molecule has 4 rings (SSSR count). The molecule has 4 aliphatic heterocycles. The number of carbonyl (C=O) groups excluding carboxylic acids is 1. The summed E-state index contributed by atoms with van der Waals surface area (Å²) in [5.41, 5.74) is -0.628. The third kappa shape index (κ3) is 5.03. The quantitative estimate of drug-likeness (QED) is 0.226. The molecule has 33 heavy (non-hydrogen) atoms. The molecule has 0 bridgehead atoms. The van der Waals surface area contributed by atoms with Crippen LogP contribution in [0.4, 0.5) is 0 Å². The maximum Gasteiger partial charge on any atom is 0.231 e. The lowest BCUT2D eigenvalue weighted by Crippen LogP contribution is -2.60. The summed E-state index contributed by atoms with van der Waals surface area (Å²) in [5.74, 6) is -1.02. The van der Waals surface area contributed by atoms with Gasteiger partial charge in [-0.3, -0.25) is 14.9 Å². The summed E-state index contributed by atoms with van der Waals surface area (Å²) >= 11 is 0. The summed E-state index contributed by atoms with van der Waals surface area (Å²) < 4.78 is 12.3. The molecule has 0 N–H and O–H groups in total. The van der Waals surface area contributed by atoms with Crippen LogP contribution in [0.2, 0.25) is 0 Å². The van der Waals surface area contributed by atoms with Crippen LogP contribution in [0.5, 0.6) is 0 Å². The number of nitro groups is 1. The Kier molecular flexibility index (Phi) is 7.87. The fraction of sp³-hybridized carbons (Fsp3) is 0.800. The summed E-state index contributed by atoms with van der Waals surface area (Å²) in [6.07, 6.45) is 14.4. The number of hydrogen-bond donors (Lipinski definition) is 0. The zero-order valence-corrected chi connectivity index (χ0v) is 19.8. The number of piperidine rings is 1. The molecule has 0 aromatic rings. The van der Waals surface area contributed by atoms with Gasteiger partial charge in [0.1, 0.15) is 0 Å². The van der Waals surface area contributed by atoms with Crippen molar-refractivity contribution in [3.8, 4) is 0 Å². The fourth-order valence-electron chi connectivity index (χ4n) is 6.54. The van der Waals surface area contributed by atoms with Crippen molar-refractivity contribution in [1.82, 2.24) is 9.80 Å². The normalized spacial score (nSPS) is 33.0. The molecule has 0 radical (unpaired) electrons. The second kappa shape index (κ2) is 10.7. The molecule has 0 aromatic carbocycles. The van der Waals surface area contributed by atoms with E-state index < -0.39 is 11.2 Å². The van der Waals surface area contributed by atoms with Gasteiger partial charge in [0.15, 0.2) is 5.79 Å². The molecule has 0 aromatic heterocycles. The van der Waals surface area contributed by atoms with Gasteiger partial charge in [0.2, 0.25) is 12.5 Å². The number of allylic oxidation sites excluding steroid dienone is 2. The van der Waals surface area contributed by atoms with Gasteiger partial charge < -0.3 is 19.3 Å². The van der Waals surface area contributed by atoms with Crippen molar-refractivity contribution in [2.75, 3.05) is 45.9 Å². The molecule has 184 valence electrons. The number of fused-ring (bicyclic) bond motifs is 1. The van der Waals surface area contributed by atoms with Gasteiger partial charge in [-0.1, -0.05) is 18.2 Å². The molecule has 3 atom stereocenters. The lowest BCUT2D eigenvalue weighted by molar-refractivity contribution is -0.488. The van der Waals surface area contributed by atoms with Gasteiger partial charge in [-0.25, -0.2) is 0 Å². The minimum Gasteiger partial charge on any atom is -0.347 e. The van der Waals surface area contributed by atoms with Gasteiger partial charge in [-0.05, 0) is 64.5 Å². The molecular formula is C25H39N3O5. The Morgan fingerprint density at radius 2 is 2.06 bits per heavy atom. The molecule has 4 aliphatic rings. The Morgan fingerprint density at radius 3 is 2.82 bits per heavy atom. The SMILES string of the molecule is C=CCCCCN1CC[C@@H](C2(CC[N+](=O)[O-])OCCO2)[C@]2(C[C@@H]3/C=C\CCCCN3C2=O)C1. The third-order valence-corrected chi connectivity index (χ3v) is 8.03. The van der Waals surface area contributed by atoms with Crippen LogP contribution in [0.1, 0.15) is 57.8 Å². The first-order valence-corrected chi connectivity index (χ1v) is 12.7. The topological polar surface area (TPSA) is 85.2 Å². The monoisotopic (exact) mass is 461 g/mol. The minimum absolute atomic E-state index is 0.0926. The van der Waals surface area contributed by atoms with E-state index in [4.69, 9.17) is 9.47 Å². The van der Waals surface area contributed by atoms with Crippen LogP contribution < -0.4 is 0 Å². The average Bonchev–Trinajstić information content (AvgIpc) is 3.35. The standard InChI is InChI=1S/C25H39N3O5/c1-2-3-4-8-13-26-15-11-22(25(12-16-28(30)31)32-17-18-33-25)24(20-26)19-21-10-7-5-6-9-14-27(21)23(24)29/h2,7,10,21-22H,1,3-6,8-9,11-20H2/b10-7-/t21-,22+,24-/m0/s1. The molecule has 1 amide bonds. The smallest absolute Gasteiger partial charge is 0.231 e. The first-order valence-electron chi connectivity index (χ1n) is 12.7. The zero-order chi connectivity index (χ0) is 23.3. The highest BCUT2D eigenvalue weighted by Gasteiger charge is 2.64. The Bertz CT molecular complexity index is 750. The molecule has 0 saturated carbocycles. The molecule has 8 heteroatoms. The van der Waals surface area contributed by atoms with E-state index in [1.807, 2.05) is 6.08 Å². The zero-order valence-electron chi connectivity index (χ0n) is 19.8. The number of ether oxygens (including phenoxy) is 2. The number of carbonyl (C=O) groups is 1. The van der Waals surface area contributed by atoms with Crippen LogP contribution in [0, 0.1) is 21.4 Å². The highest BCUT2D eigenvalue weighted by Crippen LogP contribution is 2.54. The van der Waals surface area contributed by atoms with Crippen LogP contribution in [-0.2, 0) is 14.3 Å². The van der Waals surface area contributed by atoms with Crippen molar-refractivity contribution in [2.24, 2.45) is 11.3 Å². The number of unbranched alkanes of at least 4 members (excludes halogenated alkanes) is 2. The Hall–Kier alpha value is -1.77. The maximum atomic E-state index is 14.2. The largest absolute Gasteiger partial charge is 0.347 e. The van der Waals surface area contributed by atoms with E-state index in [0.717, 1.165) is 71.0 Å². The van der Waals surface area contributed by atoms with Crippen molar-refractivity contribution in [3.63, 3.8) is 0 Å². The highest BCUT2D eigenvalue weighted by atomic mass is 16.7. The molecule has 0 unspecified atom stereocenters. The second-order valence-electron chi connectivity index (χ2n) is 10.1. The van der Waals surface area contributed by atoms with Crippen LogP contribution in [-0.4, -0.2) is 78.4 Å². The van der Waals surface area contributed by atoms with Crippen LogP contribution >= 0.6 is 0 Å². The van der Waals surface area contributed by atoms with Gasteiger partial charge >= 0.3 is 0 Å². The summed E-state index contributed by atoms with van der Waals surface area (Å²) in [5, 5.41) is 11.3. The lowest BCUT2D eigenvalue weighted by Gasteiger charge is -2.50. The van der Waals surface area contributed by atoms with E-state index >= 15 is 0 Å². The molecule has 8 nitrogen and oxygen atoms in total. The number of hydrogen-bond acceptors (Lipinski definition) is 6. The number of rotatable bonds is 9. The van der Waals surface area contributed by atoms with Crippen LogP contribution in [0.15, 0.2) is 24.8 Å². The Labute approximate surface area is 197 Å². The van der Waals surface area contributed by atoms with Crippen molar-refractivity contribution >= 4 is 5.91 Å². The predicted octanol–water partition coefficient (Wildman–Crippen LogP) is 3.40. The van der Waals surface area contributed by atoms with Crippen LogP contribution in [0.25, 0.3) is 0 Å². The van der Waals surface area contributed by atoms with E-state index in [-0.39, 0.29) is 35.8 Å². The molecule has 3 saturated heterocycles. The number of likely N-dealkylation sites (tertiary alicyclic amines) is 1. The van der Waals surface area contributed by atoms with E-state index in [1.54, 1.807) is 0 Å². The first kappa shape index (κ1) is 24.4. The highest BCUT2D eigenvalue weighted by molar-refractivity contribution is 5.87. The van der Waals surface area contributed by atoms with E-state index in [1.165, 1.54) is 0 Å². The molecule has 4 heterocycles. The van der Waals surface area contributed by atoms with Crippen molar-refractivity contribution < 1.29 is 19.2 Å². The van der Waals surface area contributed by atoms with E-state index in [0.29, 0.717) is 19.8 Å². The van der Waals surface area contributed by atoms with Gasteiger partial charge in [0, 0.05) is 23.9 Å². The molecule has 3 fully saturated rings. The lowest BCUT2D eigenvalue weighted by atomic mass is 9.64. The predicted molar refractivity (Wildman–Crippen MR) is 125 cm³/mol. The fourth-order valence-corrected chi connectivity index (χ4v) is 6.54. The third-order valence-electron chi connectivity index (χ3n) is 8.03. The number of nitrogens with zero attached hydrogens (tertiary/aromatic N) is 3. The summed E-state index contributed by atoms with van der Waals surface area (Å²) in [6.45, 7) is 7.74. The maximum absolute atomic E-state index is 14.2. The Morgan fingerprint density at radius 1 is 1.24 bits per heavy atom. The van der Waals surface area contributed by atoms with Gasteiger partial charge in [-0.15, -0.1) is 6.58 Å². The first-order chi connectivity index (χ1) is 16.0. The Balaban J connectivity index is 1.63. The van der Waals surface area contributed by atoms with Crippen LogP contribution in [0.3, 0.4) is 0 Å². The second-order valence-corrected chi connectivity index (χ2v) is 10.1. The van der Waals surface area contributed by atoms with Gasteiger partial charge in [0.25, 0.3) is 0 Å². The van der Waals surface area contributed by atoms with Gasteiger partial charge in [0.05, 0.1) is 31.1 Å². The van der Waals surface area contributed by atoms with Crippen molar-refractivity contribution in [2.45, 2.75) is 69.6 Å². The summed E-state index contributed by atoms with van der Waals surface area (Å²) in [6, 6.07) is 0.0926. The van der Waals surface area contributed by atoms with Gasteiger partial charge in [-0.2, -0.15) is 0 Å². The summed E-state index contributed by atoms with van der Waals surface area (Å²) in [7, 11) is 0. The van der Waals surface area contributed by atoms with E-state index in [2.05, 4.69) is 28.5 Å². The van der Waals surface area contributed by atoms with Crippen molar-refractivity contribution in [3.05, 3.63) is 34.9 Å².